The van der Waals surface area contributed by atoms with E-state index in [1.54, 1.807) is 0 Å². The minimum absolute atomic E-state index is 0.164. The van der Waals surface area contributed by atoms with Gasteiger partial charge in [0.2, 0.25) is 0 Å². The van der Waals surface area contributed by atoms with Gasteiger partial charge in [0.25, 0.3) is 0 Å². The lowest BCUT2D eigenvalue weighted by molar-refractivity contribution is -0.149. The Morgan fingerprint density at radius 1 is 1.29 bits per heavy atom. The van der Waals surface area contributed by atoms with Crippen LogP contribution in [0.5, 0.6) is 0 Å². The smallest absolute Gasteiger partial charge is 0.315 e. The number of hydrogen-bond donors (Lipinski definition) is 3. The maximum Gasteiger partial charge on any atom is 0.315 e. The highest BCUT2D eigenvalue weighted by molar-refractivity contribution is 5.78. The average Bonchev–Trinajstić information content (AvgIpc) is 2.71. The molecule has 1 atom stereocenters. The maximum absolute atomic E-state index is 11.9. The summed E-state index contributed by atoms with van der Waals surface area (Å²) in [6.07, 6.45) is 12.1. The van der Waals surface area contributed by atoms with Gasteiger partial charge in [-0.3, -0.25) is 4.79 Å². The molecular formula is C16H26N2O3. The van der Waals surface area contributed by atoms with Crippen LogP contribution in [-0.2, 0) is 4.79 Å². The van der Waals surface area contributed by atoms with Crippen LogP contribution in [0.25, 0.3) is 0 Å². The predicted octanol–water partition coefficient (Wildman–Crippen LogP) is 2.51. The first-order valence-electron chi connectivity index (χ1n) is 7.78. The number of terminal acetylenes is 1. The Morgan fingerprint density at radius 2 is 1.90 bits per heavy atom. The number of nitrogens with one attached hydrogen (secondary N) is 2. The normalized spacial score (nSPS) is 18.9. The third kappa shape index (κ3) is 5.30. The molecule has 0 radical (unpaired) electrons. The number of amides is 2. The molecule has 1 saturated carbocycles. The number of carboxylic acids is 1. The lowest BCUT2D eigenvalue weighted by Gasteiger charge is -2.28. The largest absolute Gasteiger partial charge is 0.481 e. The highest BCUT2D eigenvalue weighted by atomic mass is 16.4. The van der Waals surface area contributed by atoms with E-state index in [-0.39, 0.29) is 18.6 Å². The van der Waals surface area contributed by atoms with Crippen molar-refractivity contribution in [3.8, 4) is 12.3 Å². The Labute approximate surface area is 126 Å². The summed E-state index contributed by atoms with van der Waals surface area (Å²) >= 11 is 0. The van der Waals surface area contributed by atoms with E-state index in [4.69, 9.17) is 6.42 Å². The van der Waals surface area contributed by atoms with Gasteiger partial charge in [-0.15, -0.1) is 6.42 Å². The quantitative estimate of drug-likeness (QED) is 0.520. The average molecular weight is 294 g/mol. The first-order valence-corrected chi connectivity index (χ1v) is 7.78. The number of carbonyl (C=O) groups excluding carboxylic acids is 1. The second kappa shape index (κ2) is 8.56. The van der Waals surface area contributed by atoms with Crippen molar-refractivity contribution < 1.29 is 14.7 Å². The van der Waals surface area contributed by atoms with Gasteiger partial charge >= 0.3 is 12.0 Å². The first kappa shape index (κ1) is 17.4. The van der Waals surface area contributed by atoms with Crippen LogP contribution >= 0.6 is 0 Å². The Kier molecular flexibility index (Phi) is 7.07. The predicted molar refractivity (Wildman–Crippen MR) is 81.8 cm³/mol. The van der Waals surface area contributed by atoms with E-state index >= 15 is 0 Å². The molecule has 0 spiro atoms. The molecule has 21 heavy (non-hydrogen) atoms. The molecule has 1 unspecified atom stereocenters. The standard InChI is InChI=1S/C16H26N2O3/c1-3-9-13(4-2)18-15(21)17-12-16(14(19)20)10-7-5-6-8-11-16/h2,13H,3,5-12H2,1H3,(H,19,20)(H2,17,18,21). The van der Waals surface area contributed by atoms with Gasteiger partial charge in [0.15, 0.2) is 0 Å². The van der Waals surface area contributed by atoms with E-state index in [1.807, 2.05) is 6.92 Å². The van der Waals surface area contributed by atoms with Gasteiger partial charge < -0.3 is 15.7 Å². The molecule has 0 aromatic carbocycles. The van der Waals surface area contributed by atoms with Crippen molar-refractivity contribution in [2.24, 2.45) is 5.41 Å². The molecular weight excluding hydrogens is 268 g/mol. The van der Waals surface area contributed by atoms with Gasteiger partial charge in [-0.05, 0) is 19.3 Å². The van der Waals surface area contributed by atoms with Crippen molar-refractivity contribution in [1.82, 2.24) is 10.6 Å². The highest BCUT2D eigenvalue weighted by Gasteiger charge is 2.38. The summed E-state index contributed by atoms with van der Waals surface area (Å²) in [5.74, 6) is 1.71. The molecule has 0 aliphatic heterocycles. The maximum atomic E-state index is 11.9. The fraction of sp³-hybridized carbons (Fsp3) is 0.750. The van der Waals surface area contributed by atoms with Crippen LogP contribution in [0.1, 0.15) is 58.3 Å². The summed E-state index contributed by atoms with van der Waals surface area (Å²) < 4.78 is 0. The molecule has 1 aliphatic rings. The molecule has 5 heteroatoms. The molecule has 2 amide bonds. The monoisotopic (exact) mass is 294 g/mol. The Morgan fingerprint density at radius 3 is 2.38 bits per heavy atom. The van der Waals surface area contributed by atoms with Crippen molar-refractivity contribution in [1.29, 1.82) is 0 Å². The number of urea groups is 1. The van der Waals surface area contributed by atoms with Crippen molar-refractivity contribution in [2.75, 3.05) is 6.54 Å². The zero-order chi connectivity index (χ0) is 15.7. The molecule has 0 aromatic heterocycles. The zero-order valence-corrected chi connectivity index (χ0v) is 12.8. The number of aliphatic carboxylic acids is 1. The summed E-state index contributed by atoms with van der Waals surface area (Å²) in [5, 5.41) is 14.9. The van der Waals surface area contributed by atoms with Crippen LogP contribution in [0.15, 0.2) is 0 Å². The van der Waals surface area contributed by atoms with Crippen molar-refractivity contribution in [3.05, 3.63) is 0 Å². The van der Waals surface area contributed by atoms with E-state index in [1.165, 1.54) is 0 Å². The number of rotatable bonds is 6. The van der Waals surface area contributed by atoms with E-state index in [0.29, 0.717) is 19.3 Å². The summed E-state index contributed by atoms with van der Waals surface area (Å²) in [5.41, 5.74) is -0.829. The molecule has 1 aliphatic carbocycles. The van der Waals surface area contributed by atoms with Crippen molar-refractivity contribution in [2.45, 2.75) is 64.3 Å². The fourth-order valence-electron chi connectivity index (χ4n) is 2.82. The molecule has 0 heterocycles. The molecule has 5 nitrogen and oxygen atoms in total. The van der Waals surface area contributed by atoms with Gasteiger partial charge in [0, 0.05) is 6.54 Å². The molecule has 3 N–H and O–H groups in total. The van der Waals surface area contributed by atoms with Crippen LogP contribution in [-0.4, -0.2) is 29.7 Å². The Hall–Kier alpha value is -1.70. The SMILES string of the molecule is C#CC(CCC)NC(=O)NCC1(C(=O)O)CCCCCC1. The van der Waals surface area contributed by atoms with Crippen LogP contribution < -0.4 is 10.6 Å². The molecule has 1 fully saturated rings. The third-order valence-electron chi connectivity index (χ3n) is 4.19. The summed E-state index contributed by atoms with van der Waals surface area (Å²) in [4.78, 5) is 23.5. The Bertz CT molecular complexity index is 393. The summed E-state index contributed by atoms with van der Waals surface area (Å²) in [6, 6.07) is -0.679. The minimum Gasteiger partial charge on any atom is -0.481 e. The van der Waals surface area contributed by atoms with Gasteiger partial charge in [-0.1, -0.05) is 44.9 Å². The lowest BCUT2D eigenvalue weighted by Crippen LogP contribution is -2.48. The molecule has 1 rings (SSSR count). The molecule has 0 saturated heterocycles. The van der Waals surface area contributed by atoms with E-state index in [0.717, 1.165) is 32.1 Å². The van der Waals surface area contributed by atoms with Crippen LogP contribution in [0.4, 0.5) is 4.79 Å². The Balaban J connectivity index is 2.55. The highest BCUT2D eigenvalue weighted by Crippen LogP contribution is 2.34. The van der Waals surface area contributed by atoms with Gasteiger partial charge in [0.05, 0.1) is 11.5 Å². The van der Waals surface area contributed by atoms with E-state index < -0.39 is 11.4 Å². The first-order chi connectivity index (χ1) is 10.0. The summed E-state index contributed by atoms with van der Waals surface area (Å²) in [7, 11) is 0. The van der Waals surface area contributed by atoms with Crippen LogP contribution in [0.2, 0.25) is 0 Å². The van der Waals surface area contributed by atoms with E-state index in [9.17, 15) is 14.7 Å². The van der Waals surface area contributed by atoms with Gasteiger partial charge in [-0.25, -0.2) is 4.79 Å². The fourth-order valence-corrected chi connectivity index (χ4v) is 2.82. The number of carbonyl (C=O) groups is 2. The molecule has 0 aromatic rings. The zero-order valence-electron chi connectivity index (χ0n) is 12.8. The van der Waals surface area contributed by atoms with Gasteiger partial charge in [-0.2, -0.15) is 0 Å². The lowest BCUT2D eigenvalue weighted by atomic mass is 9.80. The van der Waals surface area contributed by atoms with Crippen molar-refractivity contribution in [3.63, 3.8) is 0 Å². The van der Waals surface area contributed by atoms with Crippen LogP contribution in [0.3, 0.4) is 0 Å². The van der Waals surface area contributed by atoms with Gasteiger partial charge in [0.1, 0.15) is 0 Å². The molecule has 0 bridgehead atoms. The minimum atomic E-state index is -0.829. The van der Waals surface area contributed by atoms with E-state index in [2.05, 4.69) is 16.6 Å². The number of hydrogen-bond acceptors (Lipinski definition) is 2. The third-order valence-corrected chi connectivity index (χ3v) is 4.19. The second-order valence-corrected chi connectivity index (χ2v) is 5.83. The second-order valence-electron chi connectivity index (χ2n) is 5.83. The summed E-state index contributed by atoms with van der Waals surface area (Å²) in [6.45, 7) is 2.16. The number of carboxylic acid groups (broad SMARTS) is 1. The molecule has 118 valence electrons. The van der Waals surface area contributed by atoms with Crippen LogP contribution in [0, 0.1) is 17.8 Å². The topological polar surface area (TPSA) is 78.4 Å². The van der Waals surface area contributed by atoms with Crippen molar-refractivity contribution >= 4 is 12.0 Å².